The first kappa shape index (κ1) is 18.1. The topological polar surface area (TPSA) is 58.7 Å². The Morgan fingerprint density at radius 2 is 1.86 bits per heavy atom. The van der Waals surface area contributed by atoms with Gasteiger partial charge in [0.2, 0.25) is 0 Å². The van der Waals surface area contributed by atoms with Crippen LogP contribution < -0.4 is 5.56 Å². The summed E-state index contributed by atoms with van der Waals surface area (Å²) in [4.78, 5) is 20.2. The molecule has 2 heterocycles. The van der Waals surface area contributed by atoms with Gasteiger partial charge in [0, 0.05) is 10.4 Å². The van der Waals surface area contributed by atoms with Gasteiger partial charge in [-0.2, -0.15) is 5.26 Å². The van der Waals surface area contributed by atoms with Crippen LogP contribution in [0.4, 0.5) is 0 Å². The molecule has 0 fully saturated rings. The first-order valence-corrected chi connectivity index (χ1v) is 9.86. The van der Waals surface area contributed by atoms with E-state index < -0.39 is 0 Å². The molecule has 0 aliphatic carbocycles. The summed E-state index contributed by atoms with van der Waals surface area (Å²) in [5.41, 5.74) is 4.50. The van der Waals surface area contributed by atoms with Crippen molar-refractivity contribution in [3.05, 3.63) is 86.0 Å². The number of aryl methyl sites for hydroxylation is 3. The molecule has 5 heteroatoms. The molecule has 0 spiro atoms. The Labute approximate surface area is 167 Å². The number of benzene rings is 2. The minimum atomic E-state index is -0.0372. The fourth-order valence-electron chi connectivity index (χ4n) is 3.32. The number of fused-ring (bicyclic) bond motifs is 1. The zero-order valence-corrected chi connectivity index (χ0v) is 16.8. The summed E-state index contributed by atoms with van der Waals surface area (Å²) in [6, 6.07) is 17.6. The van der Waals surface area contributed by atoms with E-state index in [-0.39, 0.29) is 5.56 Å². The lowest BCUT2D eigenvalue weighted by atomic mass is 10.1. The Kier molecular flexibility index (Phi) is 4.58. The maximum Gasteiger partial charge on any atom is 0.263 e. The number of thiophene rings is 1. The van der Waals surface area contributed by atoms with Crippen molar-refractivity contribution in [2.75, 3.05) is 0 Å². The van der Waals surface area contributed by atoms with Crippen LogP contribution in [0.25, 0.3) is 21.6 Å². The summed E-state index contributed by atoms with van der Waals surface area (Å²) in [5, 5.41) is 9.88. The first-order chi connectivity index (χ1) is 13.5. The van der Waals surface area contributed by atoms with Gasteiger partial charge in [0.15, 0.2) is 0 Å². The fraction of sp³-hybridized carbons (Fsp3) is 0.174. The molecule has 0 N–H and O–H groups in total. The number of aromatic nitrogens is 2. The van der Waals surface area contributed by atoms with Crippen LogP contribution in [0.3, 0.4) is 0 Å². The van der Waals surface area contributed by atoms with Crippen LogP contribution in [0.2, 0.25) is 0 Å². The van der Waals surface area contributed by atoms with Crippen molar-refractivity contribution in [2.45, 2.75) is 27.3 Å². The highest BCUT2D eigenvalue weighted by atomic mass is 32.1. The summed E-state index contributed by atoms with van der Waals surface area (Å²) in [6.45, 7) is 6.40. The van der Waals surface area contributed by atoms with Crippen molar-refractivity contribution in [3.63, 3.8) is 0 Å². The first-order valence-electron chi connectivity index (χ1n) is 9.04. The van der Waals surface area contributed by atoms with Gasteiger partial charge in [0.1, 0.15) is 10.7 Å². The van der Waals surface area contributed by atoms with Gasteiger partial charge < -0.3 is 0 Å². The Morgan fingerprint density at radius 1 is 1.11 bits per heavy atom. The van der Waals surface area contributed by atoms with Crippen molar-refractivity contribution in [1.82, 2.24) is 9.55 Å². The van der Waals surface area contributed by atoms with Gasteiger partial charge in [-0.25, -0.2) is 4.98 Å². The second kappa shape index (κ2) is 7.06. The van der Waals surface area contributed by atoms with Crippen molar-refractivity contribution < 1.29 is 0 Å². The van der Waals surface area contributed by atoms with Gasteiger partial charge in [0.25, 0.3) is 5.56 Å². The molecule has 0 aliphatic heterocycles. The van der Waals surface area contributed by atoms with Crippen LogP contribution in [0.15, 0.2) is 53.3 Å². The molecule has 0 saturated heterocycles. The van der Waals surface area contributed by atoms with Crippen molar-refractivity contribution in [1.29, 1.82) is 5.26 Å². The molecule has 0 atom stereocenters. The lowest BCUT2D eigenvalue weighted by Crippen LogP contribution is -2.24. The third kappa shape index (κ3) is 3.12. The number of nitrogens with zero attached hydrogens (tertiary/aromatic N) is 3. The van der Waals surface area contributed by atoms with Crippen LogP contribution in [0.1, 0.15) is 27.1 Å². The predicted octanol–water partition coefficient (Wildman–Crippen LogP) is 4.97. The van der Waals surface area contributed by atoms with Crippen molar-refractivity contribution in [3.8, 4) is 17.5 Å². The molecule has 0 bridgehead atoms. The number of hydrogen-bond donors (Lipinski definition) is 0. The largest absolute Gasteiger partial charge is 0.288 e. The van der Waals surface area contributed by atoms with Crippen LogP contribution in [-0.2, 0) is 6.54 Å². The van der Waals surface area contributed by atoms with Crippen molar-refractivity contribution in [2.24, 2.45) is 0 Å². The van der Waals surface area contributed by atoms with Gasteiger partial charge >= 0.3 is 0 Å². The third-order valence-corrected chi connectivity index (χ3v) is 6.10. The lowest BCUT2D eigenvalue weighted by molar-refractivity contribution is 0.759. The van der Waals surface area contributed by atoms with Crippen LogP contribution >= 0.6 is 11.3 Å². The molecule has 4 nitrogen and oxygen atoms in total. The molecule has 4 aromatic rings. The Hall–Kier alpha value is -3.23. The maximum absolute atomic E-state index is 13.4. The van der Waals surface area contributed by atoms with E-state index in [0.29, 0.717) is 23.3 Å². The second-order valence-corrected chi connectivity index (χ2v) is 8.17. The average molecular weight is 385 g/mol. The molecule has 0 unspecified atom stereocenters. The predicted molar refractivity (Wildman–Crippen MR) is 114 cm³/mol. The molecule has 2 aromatic heterocycles. The summed E-state index contributed by atoms with van der Waals surface area (Å²) < 4.78 is 1.72. The van der Waals surface area contributed by atoms with Crippen molar-refractivity contribution >= 4 is 21.6 Å². The van der Waals surface area contributed by atoms with E-state index in [4.69, 9.17) is 4.98 Å². The average Bonchev–Trinajstić information content (AvgIpc) is 2.99. The normalized spacial score (nSPS) is 10.9. The summed E-state index contributed by atoms with van der Waals surface area (Å²) in [7, 11) is 0. The summed E-state index contributed by atoms with van der Waals surface area (Å²) in [5.74, 6) is 0.654. The molecule has 2 aromatic carbocycles. The maximum atomic E-state index is 13.4. The summed E-state index contributed by atoms with van der Waals surface area (Å²) >= 11 is 1.56. The number of nitriles is 1. The molecule has 0 aliphatic rings. The highest BCUT2D eigenvalue weighted by Crippen LogP contribution is 2.29. The minimum Gasteiger partial charge on any atom is -0.288 e. The quantitative estimate of drug-likeness (QED) is 0.500. The van der Waals surface area contributed by atoms with E-state index in [1.807, 2.05) is 63.2 Å². The van der Waals surface area contributed by atoms with E-state index in [2.05, 4.69) is 6.07 Å². The monoisotopic (exact) mass is 385 g/mol. The minimum absolute atomic E-state index is 0.0372. The zero-order chi connectivity index (χ0) is 19.8. The van der Waals surface area contributed by atoms with Gasteiger partial charge in [0.05, 0.1) is 23.6 Å². The third-order valence-electron chi connectivity index (χ3n) is 5.00. The van der Waals surface area contributed by atoms with Gasteiger partial charge in [-0.05, 0) is 44.0 Å². The van der Waals surface area contributed by atoms with E-state index in [1.165, 1.54) is 0 Å². The molecule has 0 amide bonds. The Morgan fingerprint density at radius 3 is 2.57 bits per heavy atom. The number of hydrogen-bond acceptors (Lipinski definition) is 4. The molecule has 4 rings (SSSR count). The second-order valence-electron chi connectivity index (χ2n) is 6.97. The summed E-state index contributed by atoms with van der Waals surface area (Å²) in [6.07, 6.45) is 0. The van der Waals surface area contributed by atoms with E-state index in [1.54, 1.807) is 22.0 Å². The van der Waals surface area contributed by atoms with E-state index in [9.17, 15) is 10.1 Å². The molecule has 0 radical (unpaired) electrons. The highest BCUT2D eigenvalue weighted by molar-refractivity contribution is 7.18. The molecule has 28 heavy (non-hydrogen) atoms. The van der Waals surface area contributed by atoms with Gasteiger partial charge in [-0.3, -0.25) is 9.36 Å². The van der Waals surface area contributed by atoms with E-state index in [0.717, 1.165) is 32.0 Å². The highest BCUT2D eigenvalue weighted by Gasteiger charge is 2.18. The number of rotatable bonds is 3. The lowest BCUT2D eigenvalue weighted by Gasteiger charge is -2.13. The van der Waals surface area contributed by atoms with E-state index >= 15 is 0 Å². The van der Waals surface area contributed by atoms with Crippen LogP contribution in [-0.4, -0.2) is 9.55 Å². The standard InChI is InChI=1S/C23H19N3OS/c1-14-7-9-19(10-8-14)21-25-22-20(15(2)16(3)28-22)23(27)26(21)13-18-6-4-5-17(11-18)12-24/h4-11H,13H2,1-3H3. The van der Waals surface area contributed by atoms with Gasteiger partial charge in [-0.1, -0.05) is 42.0 Å². The van der Waals surface area contributed by atoms with Gasteiger partial charge in [-0.15, -0.1) is 11.3 Å². The zero-order valence-electron chi connectivity index (χ0n) is 16.0. The smallest absolute Gasteiger partial charge is 0.263 e. The fourth-order valence-corrected chi connectivity index (χ4v) is 4.34. The van der Waals surface area contributed by atoms with Crippen LogP contribution in [0, 0.1) is 32.1 Å². The van der Waals surface area contributed by atoms with Crippen LogP contribution in [0.5, 0.6) is 0 Å². The Balaban J connectivity index is 1.98. The SMILES string of the molecule is Cc1ccc(-c2nc3sc(C)c(C)c3c(=O)n2Cc2cccc(C#N)c2)cc1. The molecule has 0 saturated carbocycles. The molecular formula is C23H19N3OS. The Bertz CT molecular complexity index is 1290. The molecular weight excluding hydrogens is 366 g/mol. The molecule has 138 valence electrons.